The van der Waals surface area contributed by atoms with E-state index in [0.717, 1.165) is 13.0 Å². The van der Waals surface area contributed by atoms with Gasteiger partial charge in [0.2, 0.25) is 0 Å². The van der Waals surface area contributed by atoms with Crippen LogP contribution in [0.4, 0.5) is 5.69 Å². The molecule has 1 aromatic carbocycles. The zero-order valence-corrected chi connectivity index (χ0v) is 17.1. The molecule has 154 valence electrons. The number of carbonyl (C=O) groups is 1. The van der Waals surface area contributed by atoms with Crippen molar-refractivity contribution in [2.45, 2.75) is 37.6 Å². The van der Waals surface area contributed by atoms with Crippen LogP contribution in [0.1, 0.15) is 36.7 Å². The van der Waals surface area contributed by atoms with E-state index >= 15 is 0 Å². The summed E-state index contributed by atoms with van der Waals surface area (Å²) >= 11 is 0. The molecule has 0 spiro atoms. The highest BCUT2D eigenvalue weighted by molar-refractivity contribution is 7.90. The van der Waals surface area contributed by atoms with Gasteiger partial charge >= 0.3 is 0 Å². The van der Waals surface area contributed by atoms with Gasteiger partial charge in [-0.25, -0.2) is 4.68 Å². The molecule has 0 saturated carbocycles. The molecule has 0 bridgehead atoms. The number of benzene rings is 1. The van der Waals surface area contributed by atoms with Crippen molar-refractivity contribution in [1.29, 1.82) is 0 Å². The fraction of sp³-hybridized carbons (Fsp3) is 0.368. The maximum atomic E-state index is 12.5. The van der Waals surface area contributed by atoms with Gasteiger partial charge in [0.25, 0.3) is 21.5 Å². The Morgan fingerprint density at radius 3 is 2.55 bits per heavy atom. The van der Waals surface area contributed by atoms with E-state index < -0.39 is 15.9 Å². The standard InChI is InChI=1S/C19H23N5O4S/c1-3-12-24-18(25)11-10-16(21-24)19(26)20-14-6-8-15(9-7-14)29(27,28)22-17-5-4-13-23(17)2/h6-11H,3-5,12-13H2,1-2H3,(H,20,26)/b22-17+. The minimum atomic E-state index is -3.81. The number of nitrogens with one attached hydrogen (secondary N) is 1. The lowest BCUT2D eigenvalue weighted by atomic mass is 10.3. The Hall–Kier alpha value is -3.01. The molecule has 1 fully saturated rings. The van der Waals surface area contributed by atoms with E-state index in [1.54, 1.807) is 0 Å². The molecule has 1 aromatic heterocycles. The summed E-state index contributed by atoms with van der Waals surface area (Å²) in [5, 5.41) is 6.70. The third kappa shape index (κ3) is 4.89. The Balaban J connectivity index is 1.74. The number of carbonyl (C=O) groups excluding carboxylic acids is 1. The Labute approximate surface area is 169 Å². The molecule has 1 saturated heterocycles. The van der Waals surface area contributed by atoms with Crippen molar-refractivity contribution in [3.8, 4) is 0 Å². The van der Waals surface area contributed by atoms with Crippen LogP contribution in [-0.2, 0) is 16.6 Å². The number of hydrogen-bond donors (Lipinski definition) is 1. The van der Waals surface area contributed by atoms with Gasteiger partial charge in [-0.1, -0.05) is 6.92 Å². The van der Waals surface area contributed by atoms with Crippen LogP contribution in [0.25, 0.3) is 0 Å². The minimum absolute atomic E-state index is 0.0536. The van der Waals surface area contributed by atoms with Gasteiger partial charge in [0.1, 0.15) is 11.5 Å². The summed E-state index contributed by atoms with van der Waals surface area (Å²) in [4.78, 5) is 26.0. The van der Waals surface area contributed by atoms with Crippen LogP contribution < -0.4 is 10.9 Å². The second kappa shape index (κ2) is 8.56. The number of likely N-dealkylation sites (tertiary alicyclic amines) is 1. The maximum Gasteiger partial charge on any atom is 0.283 e. The number of sulfonamides is 1. The first-order valence-corrected chi connectivity index (χ1v) is 10.8. The van der Waals surface area contributed by atoms with Crippen molar-refractivity contribution in [2.24, 2.45) is 4.40 Å². The normalized spacial score (nSPS) is 15.7. The van der Waals surface area contributed by atoms with Crippen molar-refractivity contribution in [3.05, 3.63) is 52.4 Å². The SMILES string of the molecule is CCCn1nc(C(=O)Nc2ccc(S(=O)(=O)/N=C3\CCCN3C)cc2)ccc1=O. The van der Waals surface area contributed by atoms with Crippen molar-refractivity contribution in [1.82, 2.24) is 14.7 Å². The highest BCUT2D eigenvalue weighted by atomic mass is 32.2. The summed E-state index contributed by atoms with van der Waals surface area (Å²) in [7, 11) is -1.99. The number of amidine groups is 1. The minimum Gasteiger partial charge on any atom is -0.362 e. The number of amides is 1. The average molecular weight is 417 g/mol. The number of hydrogen-bond acceptors (Lipinski definition) is 5. The van der Waals surface area contributed by atoms with Crippen LogP contribution in [0.2, 0.25) is 0 Å². The molecule has 1 N–H and O–H groups in total. The van der Waals surface area contributed by atoms with Crippen molar-refractivity contribution in [2.75, 3.05) is 18.9 Å². The van der Waals surface area contributed by atoms with Gasteiger partial charge in [-0.3, -0.25) is 9.59 Å². The first kappa shape index (κ1) is 20.7. The number of anilines is 1. The van der Waals surface area contributed by atoms with E-state index in [0.29, 0.717) is 30.9 Å². The van der Waals surface area contributed by atoms with Crippen LogP contribution in [0.5, 0.6) is 0 Å². The molecule has 2 aromatic rings. The second-order valence-corrected chi connectivity index (χ2v) is 8.37. The molecule has 0 atom stereocenters. The van der Waals surface area contributed by atoms with Crippen LogP contribution in [0.3, 0.4) is 0 Å². The first-order valence-electron chi connectivity index (χ1n) is 9.35. The molecule has 10 heteroatoms. The summed E-state index contributed by atoms with van der Waals surface area (Å²) < 4.78 is 30.1. The van der Waals surface area contributed by atoms with Crippen LogP contribution >= 0.6 is 0 Å². The molecule has 9 nitrogen and oxygen atoms in total. The lowest BCUT2D eigenvalue weighted by Gasteiger charge is -2.11. The van der Waals surface area contributed by atoms with Gasteiger partial charge in [-0.15, -0.1) is 4.40 Å². The zero-order chi connectivity index (χ0) is 21.0. The number of rotatable bonds is 6. The van der Waals surface area contributed by atoms with E-state index in [9.17, 15) is 18.0 Å². The zero-order valence-electron chi connectivity index (χ0n) is 16.3. The van der Waals surface area contributed by atoms with Gasteiger partial charge in [-0.05, 0) is 43.2 Å². The highest BCUT2D eigenvalue weighted by Crippen LogP contribution is 2.19. The molecule has 0 unspecified atom stereocenters. The fourth-order valence-electron chi connectivity index (χ4n) is 2.95. The molecule has 1 aliphatic rings. The van der Waals surface area contributed by atoms with Crippen LogP contribution in [0.15, 0.2) is 50.5 Å². The largest absolute Gasteiger partial charge is 0.362 e. The number of aromatic nitrogens is 2. The molecular weight excluding hydrogens is 394 g/mol. The maximum absolute atomic E-state index is 12.5. The lowest BCUT2D eigenvalue weighted by molar-refractivity contribution is 0.101. The summed E-state index contributed by atoms with van der Waals surface area (Å²) in [5.41, 5.74) is 0.243. The van der Waals surface area contributed by atoms with Crippen molar-refractivity contribution < 1.29 is 13.2 Å². The lowest BCUT2D eigenvalue weighted by Crippen LogP contribution is -2.26. The summed E-state index contributed by atoms with van der Waals surface area (Å²) in [6, 6.07) is 8.44. The van der Waals surface area contributed by atoms with E-state index in [2.05, 4.69) is 14.8 Å². The molecule has 1 amide bonds. The van der Waals surface area contributed by atoms with Gasteiger partial charge in [0, 0.05) is 38.3 Å². The number of aryl methyl sites for hydroxylation is 1. The summed E-state index contributed by atoms with van der Waals surface area (Å²) in [6.45, 7) is 3.12. The molecule has 1 aliphatic heterocycles. The first-order chi connectivity index (χ1) is 13.8. The van der Waals surface area contributed by atoms with Gasteiger partial charge in [-0.2, -0.15) is 13.5 Å². The second-order valence-electron chi connectivity index (χ2n) is 6.77. The van der Waals surface area contributed by atoms with E-state index in [1.807, 2.05) is 18.9 Å². The number of nitrogens with zero attached hydrogens (tertiary/aromatic N) is 4. The molecule has 0 aliphatic carbocycles. The predicted octanol–water partition coefficient (Wildman–Crippen LogP) is 1.72. The van der Waals surface area contributed by atoms with Crippen molar-refractivity contribution in [3.63, 3.8) is 0 Å². The molecule has 29 heavy (non-hydrogen) atoms. The van der Waals surface area contributed by atoms with Gasteiger partial charge in [0.05, 0.1) is 4.90 Å². The van der Waals surface area contributed by atoms with E-state index in [-0.39, 0.29) is 16.1 Å². The smallest absolute Gasteiger partial charge is 0.283 e. The van der Waals surface area contributed by atoms with Crippen LogP contribution in [0, 0.1) is 0 Å². The Kier molecular flexibility index (Phi) is 6.12. The summed E-state index contributed by atoms with van der Waals surface area (Å²) in [5.74, 6) is 0.0638. The van der Waals surface area contributed by atoms with Crippen LogP contribution in [-0.4, -0.2) is 48.4 Å². The van der Waals surface area contributed by atoms with E-state index in [4.69, 9.17) is 0 Å². The fourth-order valence-corrected chi connectivity index (χ4v) is 4.04. The summed E-state index contributed by atoms with van der Waals surface area (Å²) in [6.07, 6.45) is 2.24. The third-order valence-corrected chi connectivity index (χ3v) is 5.82. The highest BCUT2D eigenvalue weighted by Gasteiger charge is 2.20. The van der Waals surface area contributed by atoms with Gasteiger partial charge < -0.3 is 10.2 Å². The Morgan fingerprint density at radius 2 is 1.93 bits per heavy atom. The van der Waals surface area contributed by atoms with E-state index in [1.165, 1.54) is 41.1 Å². The Morgan fingerprint density at radius 1 is 1.21 bits per heavy atom. The van der Waals surface area contributed by atoms with Gasteiger partial charge in [0.15, 0.2) is 0 Å². The van der Waals surface area contributed by atoms with Crippen molar-refractivity contribution >= 4 is 27.5 Å². The topological polar surface area (TPSA) is 114 Å². The third-order valence-electron chi connectivity index (χ3n) is 4.50. The predicted molar refractivity (Wildman–Crippen MR) is 110 cm³/mol. The monoisotopic (exact) mass is 417 g/mol. The quantitative estimate of drug-likeness (QED) is 0.766. The molecule has 2 heterocycles. The Bertz CT molecular complexity index is 1090. The average Bonchev–Trinajstić information content (AvgIpc) is 3.08. The molecule has 0 radical (unpaired) electrons. The molecular formula is C19H23N5O4S. The molecule has 3 rings (SSSR count).